The van der Waals surface area contributed by atoms with Gasteiger partial charge in [0.15, 0.2) is 0 Å². The van der Waals surface area contributed by atoms with Crippen LogP contribution in [0.15, 0.2) is 22.7 Å². The Bertz CT molecular complexity index is 261. The van der Waals surface area contributed by atoms with Gasteiger partial charge in [-0.1, -0.05) is 22.0 Å². The van der Waals surface area contributed by atoms with Crippen molar-refractivity contribution in [3.63, 3.8) is 0 Å². The summed E-state index contributed by atoms with van der Waals surface area (Å²) >= 11 is 6.65. The Balaban J connectivity index is 2.69. The van der Waals surface area contributed by atoms with Crippen LogP contribution in [-0.2, 0) is 6.42 Å². The van der Waals surface area contributed by atoms with Crippen molar-refractivity contribution in [2.45, 2.75) is 12.8 Å². The first-order valence-electron chi connectivity index (χ1n) is 3.77. The van der Waals surface area contributed by atoms with Gasteiger partial charge in [0.25, 0.3) is 0 Å². The molecule has 0 aliphatic heterocycles. The second-order valence-corrected chi connectivity index (χ2v) is 4.23. The van der Waals surface area contributed by atoms with Gasteiger partial charge in [-0.3, -0.25) is 0 Å². The molecule has 12 heavy (non-hydrogen) atoms. The van der Waals surface area contributed by atoms with Crippen molar-refractivity contribution in [1.82, 2.24) is 0 Å². The molecule has 66 valence electrons. The van der Waals surface area contributed by atoms with Crippen LogP contribution in [0.1, 0.15) is 12.0 Å². The predicted molar refractivity (Wildman–Crippen MR) is 57.9 cm³/mol. The van der Waals surface area contributed by atoms with Gasteiger partial charge in [-0.2, -0.15) is 0 Å². The van der Waals surface area contributed by atoms with Crippen LogP contribution in [0, 0.1) is 0 Å². The molecule has 3 heteroatoms. The van der Waals surface area contributed by atoms with Crippen molar-refractivity contribution in [3.05, 3.63) is 28.2 Å². The maximum Gasteiger partial charge on any atom is 0.129 e. The van der Waals surface area contributed by atoms with Gasteiger partial charge in [0, 0.05) is 5.33 Å². The molecule has 0 saturated heterocycles. The number of halogens is 2. The third-order valence-corrected chi connectivity index (χ3v) is 2.81. The first-order valence-corrected chi connectivity index (χ1v) is 5.69. The minimum Gasteiger partial charge on any atom is -0.507 e. The van der Waals surface area contributed by atoms with Crippen LogP contribution in [0.2, 0.25) is 0 Å². The van der Waals surface area contributed by atoms with E-state index >= 15 is 0 Å². The molecule has 1 aromatic rings. The summed E-state index contributed by atoms with van der Waals surface area (Å²) in [5.41, 5.74) is 1.25. The first-order chi connectivity index (χ1) is 5.74. The van der Waals surface area contributed by atoms with Crippen LogP contribution >= 0.6 is 31.9 Å². The smallest absolute Gasteiger partial charge is 0.129 e. The fourth-order valence-electron chi connectivity index (χ4n) is 0.977. The summed E-state index contributed by atoms with van der Waals surface area (Å²) in [6.45, 7) is 0. The maximum absolute atomic E-state index is 9.21. The minimum atomic E-state index is 0.303. The Morgan fingerprint density at radius 2 is 2.08 bits per heavy atom. The zero-order valence-corrected chi connectivity index (χ0v) is 9.73. The second kappa shape index (κ2) is 4.87. The number of phenols is 1. The first kappa shape index (κ1) is 10.1. The Morgan fingerprint density at radius 3 is 2.67 bits per heavy atom. The highest BCUT2D eigenvalue weighted by Gasteiger charge is 1.98. The van der Waals surface area contributed by atoms with Gasteiger partial charge in [-0.15, -0.1) is 0 Å². The molecule has 1 rings (SSSR count). The fraction of sp³-hybridized carbons (Fsp3) is 0.333. The monoisotopic (exact) mass is 292 g/mol. The summed E-state index contributed by atoms with van der Waals surface area (Å²) in [6.07, 6.45) is 2.17. The highest BCUT2D eigenvalue weighted by Crippen LogP contribution is 2.24. The maximum atomic E-state index is 9.21. The molecule has 1 aromatic carbocycles. The molecular formula is C9H10Br2O. The quantitative estimate of drug-likeness (QED) is 0.846. The number of rotatable bonds is 3. The van der Waals surface area contributed by atoms with Crippen molar-refractivity contribution in [2.24, 2.45) is 0 Å². The van der Waals surface area contributed by atoms with Gasteiger partial charge >= 0.3 is 0 Å². The van der Waals surface area contributed by atoms with E-state index in [0.717, 1.165) is 22.6 Å². The average Bonchev–Trinajstić information content (AvgIpc) is 2.07. The van der Waals surface area contributed by atoms with E-state index in [4.69, 9.17) is 0 Å². The lowest BCUT2D eigenvalue weighted by atomic mass is 10.1. The van der Waals surface area contributed by atoms with Crippen LogP contribution in [0.3, 0.4) is 0 Å². The van der Waals surface area contributed by atoms with E-state index in [0.29, 0.717) is 5.75 Å². The van der Waals surface area contributed by atoms with Crippen molar-refractivity contribution in [2.75, 3.05) is 5.33 Å². The summed E-state index contributed by atoms with van der Waals surface area (Å²) in [7, 11) is 0. The average molecular weight is 294 g/mol. The van der Waals surface area contributed by atoms with E-state index in [-0.39, 0.29) is 0 Å². The number of hydrogen-bond acceptors (Lipinski definition) is 1. The Morgan fingerprint density at radius 1 is 1.33 bits per heavy atom. The lowest BCUT2D eigenvalue weighted by Crippen LogP contribution is -1.85. The lowest BCUT2D eigenvalue weighted by molar-refractivity contribution is 0.471. The number of hydrogen-bond donors (Lipinski definition) is 1. The number of benzene rings is 1. The van der Waals surface area contributed by atoms with E-state index in [1.54, 1.807) is 6.07 Å². The van der Waals surface area contributed by atoms with Gasteiger partial charge in [0.1, 0.15) is 5.75 Å². The predicted octanol–water partition coefficient (Wildman–Crippen LogP) is 3.48. The van der Waals surface area contributed by atoms with E-state index in [1.165, 1.54) is 5.56 Å². The minimum absolute atomic E-state index is 0.303. The highest BCUT2D eigenvalue weighted by atomic mass is 79.9. The molecule has 0 spiro atoms. The summed E-state index contributed by atoms with van der Waals surface area (Å²) in [5.74, 6) is 0.303. The van der Waals surface area contributed by atoms with E-state index < -0.39 is 0 Å². The molecule has 0 radical (unpaired) electrons. The van der Waals surface area contributed by atoms with Crippen molar-refractivity contribution in [1.29, 1.82) is 0 Å². The third-order valence-electron chi connectivity index (χ3n) is 1.61. The van der Waals surface area contributed by atoms with Gasteiger partial charge in [-0.05, 0) is 46.5 Å². The molecule has 0 unspecified atom stereocenters. The summed E-state index contributed by atoms with van der Waals surface area (Å²) < 4.78 is 0.773. The van der Waals surface area contributed by atoms with Crippen LogP contribution in [0.4, 0.5) is 0 Å². The van der Waals surface area contributed by atoms with Gasteiger partial charge in [0.05, 0.1) is 4.47 Å². The number of alkyl halides is 1. The molecule has 1 N–H and O–H groups in total. The zero-order valence-electron chi connectivity index (χ0n) is 6.56. The molecule has 0 bridgehead atoms. The van der Waals surface area contributed by atoms with Crippen molar-refractivity contribution in [3.8, 4) is 5.75 Å². The van der Waals surface area contributed by atoms with Crippen LogP contribution in [0.5, 0.6) is 5.75 Å². The largest absolute Gasteiger partial charge is 0.507 e. The molecule has 0 amide bonds. The zero-order chi connectivity index (χ0) is 8.97. The Kier molecular flexibility index (Phi) is 4.09. The molecule has 0 heterocycles. The third kappa shape index (κ3) is 2.79. The number of aromatic hydroxyl groups is 1. The van der Waals surface area contributed by atoms with E-state index in [9.17, 15) is 5.11 Å². The lowest BCUT2D eigenvalue weighted by Gasteiger charge is -2.01. The van der Waals surface area contributed by atoms with Crippen molar-refractivity contribution < 1.29 is 5.11 Å². The van der Waals surface area contributed by atoms with Gasteiger partial charge < -0.3 is 5.11 Å². The Labute approximate surface area is 89.1 Å². The normalized spacial score (nSPS) is 10.2. The molecule has 1 nitrogen and oxygen atoms in total. The standard InChI is InChI=1S/C9H10Br2O/c10-5-1-2-7-3-4-9(12)8(11)6-7/h3-4,6,12H,1-2,5H2. The molecule has 0 aliphatic carbocycles. The fourth-order valence-corrected chi connectivity index (χ4v) is 1.68. The summed E-state index contributed by atoms with van der Waals surface area (Å²) in [5, 5.41) is 10.2. The molecule has 0 saturated carbocycles. The SMILES string of the molecule is Oc1ccc(CCCBr)cc1Br. The molecule has 0 fully saturated rings. The summed E-state index contributed by atoms with van der Waals surface area (Å²) in [4.78, 5) is 0. The second-order valence-electron chi connectivity index (χ2n) is 2.58. The number of aryl methyl sites for hydroxylation is 1. The number of phenolic OH excluding ortho intramolecular Hbond substituents is 1. The summed E-state index contributed by atoms with van der Waals surface area (Å²) in [6, 6.07) is 5.62. The topological polar surface area (TPSA) is 20.2 Å². The highest BCUT2D eigenvalue weighted by molar-refractivity contribution is 9.10. The van der Waals surface area contributed by atoms with Gasteiger partial charge in [0.2, 0.25) is 0 Å². The van der Waals surface area contributed by atoms with Crippen LogP contribution < -0.4 is 0 Å². The van der Waals surface area contributed by atoms with E-state index in [1.807, 2.05) is 12.1 Å². The molecule has 0 aromatic heterocycles. The molecule has 0 aliphatic rings. The van der Waals surface area contributed by atoms with Crippen LogP contribution in [0.25, 0.3) is 0 Å². The Hall–Kier alpha value is -0.0200. The van der Waals surface area contributed by atoms with Gasteiger partial charge in [-0.25, -0.2) is 0 Å². The molecular weight excluding hydrogens is 284 g/mol. The van der Waals surface area contributed by atoms with E-state index in [2.05, 4.69) is 31.9 Å². The van der Waals surface area contributed by atoms with Crippen molar-refractivity contribution >= 4 is 31.9 Å². The van der Waals surface area contributed by atoms with Crippen LogP contribution in [-0.4, -0.2) is 10.4 Å². The molecule has 0 atom stereocenters.